The molecule has 0 aliphatic carbocycles. The second-order valence-electron chi connectivity index (χ2n) is 10.8. The summed E-state index contributed by atoms with van der Waals surface area (Å²) in [5, 5.41) is 9.93. The van der Waals surface area contributed by atoms with E-state index in [0.29, 0.717) is 13.1 Å². The van der Waals surface area contributed by atoms with Crippen LogP contribution in [0.4, 0.5) is 13.6 Å². The van der Waals surface area contributed by atoms with Crippen LogP contribution in [0.3, 0.4) is 0 Å². The number of carbonyl (C=O) groups is 2. The van der Waals surface area contributed by atoms with Crippen molar-refractivity contribution >= 4 is 12.0 Å². The number of alkyl carbamates (subject to hydrolysis) is 1. The fourth-order valence-electron chi connectivity index (χ4n) is 5.31. The third-order valence-corrected chi connectivity index (χ3v) is 6.92. The van der Waals surface area contributed by atoms with E-state index in [1.165, 1.54) is 0 Å². The van der Waals surface area contributed by atoms with E-state index in [1.54, 1.807) is 31.9 Å². The van der Waals surface area contributed by atoms with Crippen LogP contribution in [-0.2, 0) is 29.2 Å². The first-order valence-corrected chi connectivity index (χ1v) is 12.6. The van der Waals surface area contributed by atoms with Crippen molar-refractivity contribution in [3.05, 3.63) is 88.7 Å². The molecule has 8 nitrogen and oxygen atoms in total. The molecular formula is C28H31F2N5O3. The molecule has 2 aliphatic rings. The summed E-state index contributed by atoms with van der Waals surface area (Å²) in [6.45, 7) is 6.40. The van der Waals surface area contributed by atoms with E-state index in [4.69, 9.17) is 4.74 Å². The Labute approximate surface area is 220 Å². The molecule has 5 rings (SSSR count). The first-order valence-electron chi connectivity index (χ1n) is 12.6. The first kappa shape index (κ1) is 25.8. The number of aromatic nitrogens is 2. The van der Waals surface area contributed by atoms with Gasteiger partial charge in [0.2, 0.25) is 5.91 Å². The van der Waals surface area contributed by atoms with Gasteiger partial charge in [-0.1, -0.05) is 30.3 Å². The molecule has 2 N–H and O–H groups in total. The zero-order chi connectivity index (χ0) is 27.0. The molecule has 200 valence electrons. The number of hydrogen-bond acceptors (Lipinski definition) is 5. The molecule has 3 heterocycles. The van der Waals surface area contributed by atoms with Crippen LogP contribution in [0.15, 0.2) is 54.7 Å². The van der Waals surface area contributed by atoms with Crippen molar-refractivity contribution in [1.29, 1.82) is 0 Å². The number of rotatable bonds is 5. The molecule has 3 atom stereocenters. The van der Waals surface area contributed by atoms with Gasteiger partial charge in [0.25, 0.3) is 0 Å². The summed E-state index contributed by atoms with van der Waals surface area (Å²) < 4.78 is 35.2. The van der Waals surface area contributed by atoms with Gasteiger partial charge in [0, 0.05) is 30.8 Å². The Morgan fingerprint density at radius 2 is 1.92 bits per heavy atom. The zero-order valence-corrected chi connectivity index (χ0v) is 21.6. The number of fused-ring (bicyclic) bond motifs is 1. The summed E-state index contributed by atoms with van der Waals surface area (Å²) in [4.78, 5) is 30.6. The predicted octanol–water partition coefficient (Wildman–Crippen LogP) is 4.44. The van der Waals surface area contributed by atoms with Gasteiger partial charge in [-0.15, -0.1) is 0 Å². The van der Waals surface area contributed by atoms with Crippen molar-refractivity contribution in [2.75, 3.05) is 0 Å². The third-order valence-electron chi connectivity index (χ3n) is 6.92. The van der Waals surface area contributed by atoms with Gasteiger partial charge in [-0.2, -0.15) is 5.10 Å². The standard InChI is InChI=1S/C28H31F2N5O3/c1-28(2,3)38-27(37)32-22-12-24(34-15-18-13-31-33-23(18)16-34)26(36)35(14-17-7-5-4-6-8-17)25(22)20-11-19(29)9-10-21(20)30/h4-11,13,22,24-25H,12,14-16H2,1-3H3,(H,31,33)(H,32,37)/t22-,24+,25+/m0/s1. The van der Waals surface area contributed by atoms with Crippen molar-refractivity contribution in [3.8, 4) is 0 Å². The van der Waals surface area contributed by atoms with Crippen LogP contribution in [0.2, 0.25) is 0 Å². The number of likely N-dealkylation sites (tertiary alicyclic amines) is 1. The topological polar surface area (TPSA) is 90.6 Å². The number of nitrogens with one attached hydrogen (secondary N) is 2. The summed E-state index contributed by atoms with van der Waals surface area (Å²) >= 11 is 0. The molecule has 0 unspecified atom stereocenters. The van der Waals surface area contributed by atoms with E-state index < -0.39 is 41.5 Å². The SMILES string of the molecule is CC(C)(C)OC(=O)N[C@H]1C[C@@H](N2Cc3cn[nH]c3C2)C(=O)N(Cc2ccccc2)[C@@H]1c1cc(F)ccc1F. The normalized spacial score (nSPS) is 21.9. The minimum Gasteiger partial charge on any atom is -0.444 e. The quantitative estimate of drug-likeness (QED) is 0.516. The Kier molecular flexibility index (Phi) is 6.92. The molecule has 1 fully saturated rings. The van der Waals surface area contributed by atoms with Gasteiger partial charge in [0.1, 0.15) is 17.2 Å². The highest BCUT2D eigenvalue weighted by Gasteiger charge is 2.47. The lowest BCUT2D eigenvalue weighted by Crippen LogP contribution is -2.60. The van der Waals surface area contributed by atoms with E-state index in [1.807, 2.05) is 35.2 Å². The molecule has 3 aromatic rings. The molecule has 2 aliphatic heterocycles. The number of carbonyl (C=O) groups excluding carboxylic acids is 2. The number of hydrogen-bond donors (Lipinski definition) is 2. The Bertz CT molecular complexity index is 1300. The molecule has 0 saturated carbocycles. The summed E-state index contributed by atoms with van der Waals surface area (Å²) in [5.74, 6) is -1.50. The molecule has 0 spiro atoms. The van der Waals surface area contributed by atoms with Gasteiger partial charge >= 0.3 is 6.09 Å². The highest BCUT2D eigenvalue weighted by Crippen LogP contribution is 2.38. The molecule has 2 aromatic carbocycles. The van der Waals surface area contributed by atoms with Crippen LogP contribution < -0.4 is 5.32 Å². The highest BCUT2D eigenvalue weighted by molar-refractivity contribution is 5.84. The van der Waals surface area contributed by atoms with Crippen molar-refractivity contribution in [2.45, 2.75) is 70.6 Å². The predicted molar refractivity (Wildman–Crippen MR) is 135 cm³/mol. The fraction of sp³-hybridized carbons (Fsp3) is 0.393. The maximum Gasteiger partial charge on any atom is 0.407 e. The molecule has 1 aromatic heterocycles. The summed E-state index contributed by atoms with van der Waals surface area (Å²) in [6, 6.07) is 10.2. The van der Waals surface area contributed by atoms with Gasteiger partial charge in [0.05, 0.1) is 30.0 Å². The Morgan fingerprint density at radius 3 is 2.63 bits per heavy atom. The highest BCUT2D eigenvalue weighted by atomic mass is 19.1. The zero-order valence-electron chi connectivity index (χ0n) is 21.6. The number of halogens is 2. The van der Waals surface area contributed by atoms with Crippen LogP contribution >= 0.6 is 0 Å². The molecular weight excluding hydrogens is 492 g/mol. The van der Waals surface area contributed by atoms with Crippen molar-refractivity contribution in [1.82, 2.24) is 25.3 Å². The number of nitrogens with zero attached hydrogens (tertiary/aromatic N) is 3. The van der Waals surface area contributed by atoms with Gasteiger partial charge in [-0.25, -0.2) is 13.6 Å². The Balaban J connectivity index is 1.55. The van der Waals surface area contributed by atoms with E-state index >= 15 is 4.39 Å². The monoisotopic (exact) mass is 523 g/mol. The second kappa shape index (κ2) is 10.2. The van der Waals surface area contributed by atoms with Gasteiger partial charge in [-0.3, -0.25) is 14.8 Å². The fourth-order valence-corrected chi connectivity index (χ4v) is 5.31. The van der Waals surface area contributed by atoms with E-state index in [9.17, 15) is 14.0 Å². The lowest BCUT2D eigenvalue weighted by molar-refractivity contribution is -0.147. The maximum atomic E-state index is 15.2. The minimum absolute atomic E-state index is 0.00429. The van der Waals surface area contributed by atoms with Crippen LogP contribution in [0.25, 0.3) is 0 Å². The molecule has 0 bridgehead atoms. The second-order valence-corrected chi connectivity index (χ2v) is 10.8. The first-order chi connectivity index (χ1) is 18.1. The van der Waals surface area contributed by atoms with Crippen molar-refractivity contribution < 1.29 is 23.1 Å². The summed E-state index contributed by atoms with van der Waals surface area (Å²) in [7, 11) is 0. The molecule has 0 radical (unpaired) electrons. The maximum absolute atomic E-state index is 15.2. The van der Waals surface area contributed by atoms with E-state index in [-0.39, 0.29) is 24.4 Å². The smallest absolute Gasteiger partial charge is 0.407 e. The average molecular weight is 524 g/mol. The lowest BCUT2D eigenvalue weighted by atomic mass is 9.86. The number of benzene rings is 2. The van der Waals surface area contributed by atoms with Crippen molar-refractivity contribution in [3.63, 3.8) is 0 Å². The summed E-state index contributed by atoms with van der Waals surface area (Å²) in [6.07, 6.45) is 1.25. The molecule has 38 heavy (non-hydrogen) atoms. The third kappa shape index (κ3) is 5.40. The molecule has 1 saturated heterocycles. The Hall–Kier alpha value is -3.79. The number of piperidine rings is 1. The lowest BCUT2D eigenvalue weighted by Gasteiger charge is -2.47. The van der Waals surface area contributed by atoms with Crippen molar-refractivity contribution in [2.24, 2.45) is 0 Å². The van der Waals surface area contributed by atoms with Crippen LogP contribution in [0.5, 0.6) is 0 Å². The average Bonchev–Trinajstić information content (AvgIpc) is 3.45. The number of amides is 2. The van der Waals surface area contributed by atoms with Crippen LogP contribution in [0, 0.1) is 11.6 Å². The van der Waals surface area contributed by atoms with Crippen LogP contribution in [-0.4, -0.2) is 49.7 Å². The van der Waals surface area contributed by atoms with E-state index in [2.05, 4.69) is 15.5 Å². The van der Waals surface area contributed by atoms with Gasteiger partial charge in [0.15, 0.2) is 0 Å². The van der Waals surface area contributed by atoms with Gasteiger partial charge in [-0.05, 0) is 51.0 Å². The van der Waals surface area contributed by atoms with Gasteiger partial charge < -0.3 is 15.0 Å². The Morgan fingerprint density at radius 1 is 1.16 bits per heavy atom. The largest absolute Gasteiger partial charge is 0.444 e. The molecule has 2 amide bonds. The number of H-pyrrole nitrogens is 1. The van der Waals surface area contributed by atoms with E-state index in [0.717, 1.165) is 35.0 Å². The number of aromatic amines is 1. The summed E-state index contributed by atoms with van der Waals surface area (Å²) in [5.41, 5.74) is 2.01. The minimum atomic E-state index is -0.954. The van der Waals surface area contributed by atoms with Crippen LogP contribution in [0.1, 0.15) is 55.6 Å². The number of ether oxygens (including phenoxy) is 1. The molecule has 10 heteroatoms.